The Labute approximate surface area is 272 Å². The number of rotatable bonds is 5. The highest BCUT2D eigenvalue weighted by Crippen LogP contribution is 2.72. The Morgan fingerprint density at radius 1 is 1.04 bits per heavy atom. The third-order valence-corrected chi connectivity index (χ3v) is 12.4. The molecule has 1 aromatic carbocycles. The zero-order valence-electron chi connectivity index (χ0n) is 25.6. The molecule has 1 amide bonds. The first-order chi connectivity index (χ1) is 21.4. The molecule has 45 heavy (non-hydrogen) atoms. The van der Waals surface area contributed by atoms with E-state index in [1.807, 2.05) is 6.07 Å². The molecule has 238 valence electrons. The number of hydrogen-bond acceptors (Lipinski definition) is 6. The van der Waals surface area contributed by atoms with Crippen LogP contribution in [0.15, 0.2) is 35.5 Å². The van der Waals surface area contributed by atoms with E-state index in [2.05, 4.69) is 29.3 Å². The average Bonchev–Trinajstić information content (AvgIpc) is 3.65. The van der Waals surface area contributed by atoms with Crippen molar-refractivity contribution in [1.29, 1.82) is 0 Å². The molecule has 3 heterocycles. The Kier molecular flexibility index (Phi) is 7.63. The summed E-state index contributed by atoms with van der Waals surface area (Å²) in [6, 6.07) is 8.46. The largest absolute Gasteiger partial charge is 0.340 e. The molecule has 1 aromatic heterocycles. The van der Waals surface area contributed by atoms with Gasteiger partial charge in [-0.05, 0) is 92.2 Å². The Morgan fingerprint density at radius 3 is 2.47 bits per heavy atom. The number of carbonyl (C=O) groups is 3. The van der Waals surface area contributed by atoms with E-state index >= 15 is 4.39 Å². The molecule has 0 saturated heterocycles. The standard InChI is InChI=1S/C35H38Cl2FN3O4/c1-33(2)12-14-34(15-13-33)18-22(26(42)16-19-6-8-20(9-7-19)25-17-28(43)45-41-25)29(21-4-3-5-24(36)30(21)38)35(34)23-10-11-27(37)39-31(23)40-32(35)44/h3-5,10-11,19-20,22,29H,6-9,12-18H2,1-2H3,(H,39,40,44)/t19?,20?,22-,29-,35+/m0/s1. The number of carbonyl (C=O) groups excluding carboxylic acids is 3. The average molecular weight is 655 g/mol. The second kappa shape index (κ2) is 11.2. The van der Waals surface area contributed by atoms with E-state index in [1.165, 1.54) is 6.07 Å². The smallest absolute Gasteiger partial charge is 0.318 e. The molecular weight excluding hydrogens is 616 g/mol. The fourth-order valence-corrected chi connectivity index (χ4v) is 9.86. The molecule has 2 spiro atoms. The van der Waals surface area contributed by atoms with Crippen molar-refractivity contribution in [2.45, 2.75) is 95.8 Å². The third-order valence-electron chi connectivity index (χ3n) is 11.9. The molecule has 0 bridgehead atoms. The first kappa shape index (κ1) is 30.8. The van der Waals surface area contributed by atoms with Gasteiger partial charge in [0.2, 0.25) is 5.91 Å². The number of halogens is 3. The van der Waals surface area contributed by atoms with Gasteiger partial charge in [-0.3, -0.25) is 9.59 Å². The number of oxime groups is 1. The molecule has 3 atom stereocenters. The number of amides is 1. The number of Topliss-reactive ketones (excluding diaryl/α,β-unsaturated/α-hetero) is 1. The fraction of sp³-hybridized carbons (Fsp3) is 0.571. The van der Waals surface area contributed by atoms with Gasteiger partial charge >= 0.3 is 5.97 Å². The predicted molar refractivity (Wildman–Crippen MR) is 170 cm³/mol. The number of ketones is 1. The number of anilines is 1. The van der Waals surface area contributed by atoms with Crippen LogP contribution in [0, 0.1) is 34.4 Å². The van der Waals surface area contributed by atoms with Gasteiger partial charge in [-0.2, -0.15) is 0 Å². The van der Waals surface area contributed by atoms with Crippen molar-refractivity contribution >= 4 is 52.4 Å². The molecule has 0 unspecified atom stereocenters. The summed E-state index contributed by atoms with van der Waals surface area (Å²) in [7, 11) is 0. The van der Waals surface area contributed by atoms with Gasteiger partial charge in [-0.1, -0.05) is 60.4 Å². The zero-order chi connectivity index (χ0) is 31.7. The van der Waals surface area contributed by atoms with Crippen LogP contribution in [0.4, 0.5) is 10.2 Å². The minimum absolute atomic E-state index is 0.0250. The van der Waals surface area contributed by atoms with Gasteiger partial charge in [-0.25, -0.2) is 14.2 Å². The number of fused-ring (bicyclic) bond motifs is 3. The lowest BCUT2D eigenvalue weighted by Crippen LogP contribution is -2.52. The summed E-state index contributed by atoms with van der Waals surface area (Å²) < 4.78 is 16.2. The maximum atomic E-state index is 16.2. The highest BCUT2D eigenvalue weighted by atomic mass is 35.5. The number of hydrogen-bond donors (Lipinski definition) is 1. The van der Waals surface area contributed by atoms with Gasteiger partial charge in [0.15, 0.2) is 0 Å². The number of nitrogens with zero attached hydrogens (tertiary/aromatic N) is 2. The molecule has 2 aliphatic heterocycles. The summed E-state index contributed by atoms with van der Waals surface area (Å²) in [6.45, 7) is 4.50. The Morgan fingerprint density at radius 2 is 1.78 bits per heavy atom. The summed E-state index contributed by atoms with van der Waals surface area (Å²) in [4.78, 5) is 50.1. The van der Waals surface area contributed by atoms with Crippen LogP contribution in [-0.4, -0.2) is 28.4 Å². The highest BCUT2D eigenvalue weighted by Gasteiger charge is 2.72. The van der Waals surface area contributed by atoms with Crippen LogP contribution >= 0.6 is 23.2 Å². The van der Waals surface area contributed by atoms with Crippen molar-refractivity contribution in [1.82, 2.24) is 4.98 Å². The molecule has 7 rings (SSSR count). The van der Waals surface area contributed by atoms with Gasteiger partial charge in [-0.15, -0.1) is 0 Å². The van der Waals surface area contributed by atoms with E-state index in [9.17, 15) is 14.4 Å². The number of benzene rings is 1. The van der Waals surface area contributed by atoms with E-state index in [4.69, 9.17) is 28.0 Å². The normalized spacial score (nSPS) is 31.5. The molecule has 3 fully saturated rings. The second-order valence-corrected chi connectivity index (χ2v) is 15.6. The van der Waals surface area contributed by atoms with Crippen LogP contribution in [0.25, 0.3) is 0 Å². The molecular formula is C35H38Cl2FN3O4. The van der Waals surface area contributed by atoms with Crippen molar-refractivity contribution in [2.24, 2.45) is 33.7 Å². The zero-order valence-corrected chi connectivity index (χ0v) is 27.1. The maximum Gasteiger partial charge on any atom is 0.340 e. The van der Waals surface area contributed by atoms with Gasteiger partial charge in [0.25, 0.3) is 0 Å². The van der Waals surface area contributed by atoms with Crippen molar-refractivity contribution in [3.05, 3.63) is 57.5 Å². The number of aromatic nitrogens is 1. The van der Waals surface area contributed by atoms with Crippen LogP contribution in [0.3, 0.4) is 0 Å². The van der Waals surface area contributed by atoms with E-state index in [1.54, 1.807) is 18.2 Å². The Hall–Kier alpha value is -2.84. The Balaban J connectivity index is 1.29. The van der Waals surface area contributed by atoms with Crippen LogP contribution in [0.5, 0.6) is 0 Å². The SMILES string of the molecule is CC1(C)CCC2(CC1)C[C@@H](C(=O)CC1CCC(C3=NOC(=O)C3)CC1)[C@H](c1cccc(Cl)c1F)[C@]21C(=O)Nc2nc(Cl)ccc21. The summed E-state index contributed by atoms with van der Waals surface area (Å²) in [5.41, 5.74) is 0.143. The van der Waals surface area contributed by atoms with Crippen LogP contribution in [0.2, 0.25) is 10.2 Å². The first-order valence-corrected chi connectivity index (χ1v) is 16.9. The van der Waals surface area contributed by atoms with E-state index < -0.39 is 28.5 Å². The van der Waals surface area contributed by atoms with Crippen molar-refractivity contribution in [2.75, 3.05) is 5.32 Å². The van der Waals surface area contributed by atoms with Crippen molar-refractivity contribution in [3.63, 3.8) is 0 Å². The van der Waals surface area contributed by atoms with E-state index in [0.717, 1.165) is 57.1 Å². The monoisotopic (exact) mass is 653 g/mol. The Bertz CT molecular complexity index is 1610. The fourth-order valence-electron chi connectivity index (χ4n) is 9.53. The molecule has 2 aromatic rings. The van der Waals surface area contributed by atoms with Gasteiger partial charge < -0.3 is 10.2 Å². The molecule has 0 radical (unpaired) electrons. The number of nitrogens with one attached hydrogen (secondary N) is 1. The molecule has 1 N–H and O–H groups in total. The summed E-state index contributed by atoms with van der Waals surface area (Å²) in [5.74, 6) is -1.62. The lowest BCUT2D eigenvalue weighted by atomic mass is 9.51. The van der Waals surface area contributed by atoms with Crippen LogP contribution in [0.1, 0.15) is 102 Å². The summed E-state index contributed by atoms with van der Waals surface area (Å²) in [5, 5.41) is 7.24. The highest BCUT2D eigenvalue weighted by molar-refractivity contribution is 6.31. The number of pyridine rings is 1. The predicted octanol–water partition coefficient (Wildman–Crippen LogP) is 8.18. The van der Waals surface area contributed by atoms with Crippen molar-refractivity contribution in [3.8, 4) is 0 Å². The van der Waals surface area contributed by atoms with E-state index in [0.29, 0.717) is 29.8 Å². The molecule has 3 saturated carbocycles. The minimum atomic E-state index is -1.20. The lowest BCUT2D eigenvalue weighted by Gasteiger charge is -2.50. The van der Waals surface area contributed by atoms with Gasteiger partial charge in [0.05, 0.1) is 22.6 Å². The maximum absolute atomic E-state index is 16.2. The quantitative estimate of drug-likeness (QED) is 0.259. The molecule has 3 aliphatic carbocycles. The third kappa shape index (κ3) is 4.93. The van der Waals surface area contributed by atoms with Gasteiger partial charge in [0, 0.05) is 29.7 Å². The van der Waals surface area contributed by atoms with Gasteiger partial charge in [0.1, 0.15) is 22.6 Å². The topological polar surface area (TPSA) is 97.7 Å². The molecule has 10 heteroatoms. The summed E-state index contributed by atoms with van der Waals surface area (Å²) in [6.07, 6.45) is 7.74. The lowest BCUT2D eigenvalue weighted by molar-refractivity contribution is -0.140. The molecule has 7 nitrogen and oxygen atoms in total. The summed E-state index contributed by atoms with van der Waals surface area (Å²) >= 11 is 12.7. The van der Waals surface area contributed by atoms with Crippen LogP contribution in [-0.2, 0) is 24.6 Å². The first-order valence-electron chi connectivity index (χ1n) is 16.2. The minimum Gasteiger partial charge on any atom is -0.318 e. The van der Waals surface area contributed by atoms with Crippen LogP contribution < -0.4 is 5.32 Å². The van der Waals surface area contributed by atoms with E-state index in [-0.39, 0.29) is 51.5 Å². The van der Waals surface area contributed by atoms with Crippen molar-refractivity contribution < 1.29 is 23.6 Å². The second-order valence-electron chi connectivity index (χ2n) is 14.8. The molecule has 5 aliphatic rings.